The zero-order valence-electron chi connectivity index (χ0n) is 17.5. The molecule has 1 aromatic carbocycles. The predicted molar refractivity (Wildman–Crippen MR) is 109 cm³/mol. The van der Waals surface area contributed by atoms with Gasteiger partial charge >= 0.3 is 5.97 Å². The van der Waals surface area contributed by atoms with Crippen molar-refractivity contribution in [1.29, 1.82) is 0 Å². The number of hydrogen-bond donors (Lipinski definition) is 2. The molecule has 2 rings (SSSR count). The number of benzene rings is 1. The van der Waals surface area contributed by atoms with Crippen molar-refractivity contribution in [2.45, 2.75) is 58.8 Å². The SMILES string of the molecule is CCOC1OC(=O)CC1NC(=O)C(CC(=O)NCCCc1ccccc1)C(C)C. The zero-order chi connectivity index (χ0) is 21.2. The minimum atomic E-state index is -0.768. The minimum Gasteiger partial charge on any atom is -0.433 e. The Morgan fingerprint density at radius 2 is 1.97 bits per heavy atom. The smallest absolute Gasteiger partial charge is 0.310 e. The molecule has 0 radical (unpaired) electrons. The van der Waals surface area contributed by atoms with Crippen molar-refractivity contribution < 1.29 is 23.9 Å². The van der Waals surface area contributed by atoms with Crippen molar-refractivity contribution in [2.24, 2.45) is 11.8 Å². The van der Waals surface area contributed by atoms with Crippen LogP contribution in [0.15, 0.2) is 30.3 Å². The van der Waals surface area contributed by atoms with Crippen molar-refractivity contribution in [2.75, 3.05) is 13.2 Å². The van der Waals surface area contributed by atoms with Crippen LogP contribution in [0.5, 0.6) is 0 Å². The van der Waals surface area contributed by atoms with E-state index < -0.39 is 24.2 Å². The van der Waals surface area contributed by atoms with Crippen molar-refractivity contribution in [1.82, 2.24) is 10.6 Å². The van der Waals surface area contributed by atoms with Gasteiger partial charge in [-0.05, 0) is 31.2 Å². The second-order valence-corrected chi connectivity index (χ2v) is 7.63. The fraction of sp³-hybridized carbons (Fsp3) is 0.591. The minimum absolute atomic E-state index is 0.0198. The first kappa shape index (κ1) is 22.9. The molecular formula is C22H32N2O5. The first-order chi connectivity index (χ1) is 13.9. The molecule has 0 spiro atoms. The average Bonchev–Trinajstić information content (AvgIpc) is 3.03. The number of ether oxygens (including phenoxy) is 2. The van der Waals surface area contributed by atoms with Crippen LogP contribution in [-0.4, -0.2) is 43.3 Å². The molecular weight excluding hydrogens is 372 g/mol. The topological polar surface area (TPSA) is 93.7 Å². The Labute approximate surface area is 172 Å². The summed E-state index contributed by atoms with van der Waals surface area (Å²) in [6.07, 6.45) is 1.15. The van der Waals surface area contributed by atoms with Crippen LogP contribution in [-0.2, 0) is 30.3 Å². The number of hydrogen-bond acceptors (Lipinski definition) is 5. The van der Waals surface area contributed by atoms with Gasteiger partial charge in [0.15, 0.2) is 0 Å². The van der Waals surface area contributed by atoms with Crippen LogP contribution in [0.25, 0.3) is 0 Å². The van der Waals surface area contributed by atoms with Gasteiger partial charge in [0.05, 0.1) is 6.42 Å². The first-order valence-corrected chi connectivity index (χ1v) is 10.3. The van der Waals surface area contributed by atoms with E-state index in [9.17, 15) is 14.4 Å². The van der Waals surface area contributed by atoms with Gasteiger partial charge in [-0.15, -0.1) is 0 Å². The van der Waals surface area contributed by atoms with E-state index in [-0.39, 0.29) is 30.6 Å². The fourth-order valence-electron chi connectivity index (χ4n) is 3.33. The van der Waals surface area contributed by atoms with E-state index in [1.807, 2.05) is 32.0 Å². The normalized spacial score (nSPS) is 19.7. The maximum absolute atomic E-state index is 12.7. The maximum atomic E-state index is 12.7. The van der Waals surface area contributed by atoms with E-state index in [0.29, 0.717) is 13.2 Å². The van der Waals surface area contributed by atoms with Gasteiger partial charge in [0, 0.05) is 25.5 Å². The number of carbonyl (C=O) groups excluding carboxylic acids is 3. The van der Waals surface area contributed by atoms with Gasteiger partial charge in [-0.1, -0.05) is 44.2 Å². The Bertz CT molecular complexity index is 677. The largest absolute Gasteiger partial charge is 0.433 e. The highest BCUT2D eigenvalue weighted by Crippen LogP contribution is 2.20. The van der Waals surface area contributed by atoms with Gasteiger partial charge in [-0.25, -0.2) is 0 Å². The Hall–Kier alpha value is -2.41. The molecule has 3 unspecified atom stereocenters. The molecule has 2 N–H and O–H groups in total. The van der Waals surface area contributed by atoms with Gasteiger partial charge in [0.2, 0.25) is 18.1 Å². The van der Waals surface area contributed by atoms with E-state index in [1.54, 1.807) is 6.92 Å². The molecule has 0 saturated carbocycles. The molecule has 1 aliphatic heterocycles. The number of aryl methyl sites for hydroxylation is 1. The maximum Gasteiger partial charge on any atom is 0.310 e. The number of nitrogens with one attached hydrogen (secondary N) is 2. The van der Waals surface area contributed by atoms with Crippen LogP contribution in [0.1, 0.15) is 45.6 Å². The van der Waals surface area contributed by atoms with Crippen LogP contribution in [0.4, 0.5) is 0 Å². The molecule has 1 aromatic rings. The van der Waals surface area contributed by atoms with E-state index in [2.05, 4.69) is 22.8 Å². The van der Waals surface area contributed by atoms with Gasteiger partial charge < -0.3 is 20.1 Å². The van der Waals surface area contributed by atoms with E-state index in [0.717, 1.165) is 12.8 Å². The molecule has 1 heterocycles. The second kappa shape index (κ2) is 11.6. The number of amides is 2. The molecule has 160 valence electrons. The molecule has 7 heteroatoms. The van der Waals surface area contributed by atoms with Crippen molar-refractivity contribution in [3.8, 4) is 0 Å². The van der Waals surface area contributed by atoms with Crippen LogP contribution in [0.3, 0.4) is 0 Å². The van der Waals surface area contributed by atoms with Gasteiger partial charge in [0.25, 0.3) is 0 Å². The van der Waals surface area contributed by atoms with Crippen LogP contribution in [0, 0.1) is 11.8 Å². The lowest BCUT2D eigenvalue weighted by molar-refractivity contribution is -0.164. The first-order valence-electron chi connectivity index (χ1n) is 10.3. The summed E-state index contributed by atoms with van der Waals surface area (Å²) in [5.74, 6) is -1.30. The quantitative estimate of drug-likeness (QED) is 0.436. The molecule has 0 bridgehead atoms. The van der Waals surface area contributed by atoms with E-state index >= 15 is 0 Å². The lowest BCUT2D eigenvalue weighted by Crippen LogP contribution is -2.46. The summed E-state index contributed by atoms with van der Waals surface area (Å²) in [5, 5.41) is 5.73. The highest BCUT2D eigenvalue weighted by atomic mass is 16.7. The summed E-state index contributed by atoms with van der Waals surface area (Å²) >= 11 is 0. The monoisotopic (exact) mass is 404 g/mol. The van der Waals surface area contributed by atoms with E-state index in [4.69, 9.17) is 9.47 Å². The number of esters is 1. The standard InChI is InChI=1S/C22H32N2O5/c1-4-28-22-18(14-20(26)29-22)24-21(27)17(15(2)3)13-19(25)23-12-8-11-16-9-6-5-7-10-16/h5-7,9-10,15,17-18,22H,4,8,11-14H2,1-3H3,(H,23,25)(H,24,27). The molecule has 29 heavy (non-hydrogen) atoms. The highest BCUT2D eigenvalue weighted by Gasteiger charge is 2.38. The Kier molecular flexibility index (Phi) is 9.12. The van der Waals surface area contributed by atoms with Crippen molar-refractivity contribution >= 4 is 17.8 Å². The van der Waals surface area contributed by atoms with Gasteiger partial charge in [-0.2, -0.15) is 0 Å². The average molecular weight is 405 g/mol. The molecule has 0 aromatic heterocycles. The van der Waals surface area contributed by atoms with Gasteiger partial charge in [0.1, 0.15) is 6.04 Å². The Balaban J connectivity index is 1.79. The summed E-state index contributed by atoms with van der Waals surface area (Å²) in [6.45, 7) is 6.55. The fourth-order valence-corrected chi connectivity index (χ4v) is 3.33. The summed E-state index contributed by atoms with van der Waals surface area (Å²) < 4.78 is 10.5. The van der Waals surface area contributed by atoms with Crippen LogP contribution < -0.4 is 10.6 Å². The number of carbonyl (C=O) groups is 3. The predicted octanol–water partition coefficient (Wildman–Crippen LogP) is 2.19. The van der Waals surface area contributed by atoms with Crippen LogP contribution >= 0.6 is 0 Å². The van der Waals surface area contributed by atoms with Crippen molar-refractivity contribution in [3.63, 3.8) is 0 Å². The third-order valence-corrected chi connectivity index (χ3v) is 4.98. The summed E-state index contributed by atoms with van der Waals surface area (Å²) in [4.78, 5) is 36.6. The third kappa shape index (κ3) is 7.49. The van der Waals surface area contributed by atoms with Crippen LogP contribution in [0.2, 0.25) is 0 Å². The molecule has 0 aliphatic carbocycles. The lowest BCUT2D eigenvalue weighted by atomic mass is 9.91. The molecule has 7 nitrogen and oxygen atoms in total. The number of cyclic esters (lactones) is 1. The Morgan fingerprint density at radius 3 is 2.62 bits per heavy atom. The molecule has 1 aliphatic rings. The molecule has 1 saturated heterocycles. The number of rotatable bonds is 11. The molecule has 2 amide bonds. The lowest BCUT2D eigenvalue weighted by Gasteiger charge is -2.24. The molecule has 3 atom stereocenters. The van der Waals surface area contributed by atoms with E-state index in [1.165, 1.54) is 5.56 Å². The van der Waals surface area contributed by atoms with Gasteiger partial charge in [-0.3, -0.25) is 14.4 Å². The van der Waals surface area contributed by atoms with Crippen molar-refractivity contribution in [3.05, 3.63) is 35.9 Å². The summed E-state index contributed by atoms with van der Waals surface area (Å²) in [5.41, 5.74) is 1.23. The summed E-state index contributed by atoms with van der Waals surface area (Å²) in [6, 6.07) is 9.58. The summed E-state index contributed by atoms with van der Waals surface area (Å²) in [7, 11) is 0. The third-order valence-electron chi connectivity index (χ3n) is 4.98. The zero-order valence-corrected chi connectivity index (χ0v) is 17.5. The highest BCUT2D eigenvalue weighted by molar-refractivity contribution is 5.86. The Morgan fingerprint density at radius 1 is 1.24 bits per heavy atom. The second-order valence-electron chi connectivity index (χ2n) is 7.63. The molecule has 1 fully saturated rings.